The zero-order valence-electron chi connectivity index (χ0n) is 18.0. The molecule has 8 heteroatoms. The van der Waals surface area contributed by atoms with E-state index in [0.717, 1.165) is 71.3 Å². The van der Waals surface area contributed by atoms with Gasteiger partial charge in [0.2, 0.25) is 0 Å². The highest BCUT2D eigenvalue weighted by atomic mass is 32.1. The van der Waals surface area contributed by atoms with Crippen molar-refractivity contribution in [1.29, 1.82) is 0 Å². The summed E-state index contributed by atoms with van der Waals surface area (Å²) in [5.41, 5.74) is 2.35. The topological polar surface area (TPSA) is 73.4 Å². The van der Waals surface area contributed by atoms with Gasteiger partial charge in [0.1, 0.15) is 11.6 Å². The largest absolute Gasteiger partial charge is 0.368 e. The molecule has 7 nitrogen and oxygen atoms in total. The smallest absolute Gasteiger partial charge is 0.263 e. The highest BCUT2D eigenvalue weighted by Crippen LogP contribution is 2.48. The summed E-state index contributed by atoms with van der Waals surface area (Å²) in [4.78, 5) is 27.1. The van der Waals surface area contributed by atoms with Gasteiger partial charge in [-0.2, -0.15) is 0 Å². The summed E-state index contributed by atoms with van der Waals surface area (Å²) in [6.07, 6.45) is 6.11. The van der Waals surface area contributed by atoms with E-state index in [2.05, 4.69) is 37.6 Å². The van der Waals surface area contributed by atoms with Crippen LogP contribution in [-0.2, 0) is 0 Å². The van der Waals surface area contributed by atoms with Gasteiger partial charge >= 0.3 is 0 Å². The number of rotatable bonds is 6. The molecule has 5 rings (SSSR count). The number of hydrogen-bond donors (Lipinski definition) is 2. The Bertz CT molecular complexity index is 1090. The minimum absolute atomic E-state index is 0.116. The van der Waals surface area contributed by atoms with Crippen molar-refractivity contribution < 1.29 is 4.79 Å². The van der Waals surface area contributed by atoms with E-state index in [1.807, 2.05) is 32.4 Å². The average molecular weight is 437 g/mol. The Morgan fingerprint density at radius 1 is 1.23 bits per heavy atom. The predicted octanol–water partition coefficient (Wildman–Crippen LogP) is 3.81. The Hall–Kier alpha value is -2.71. The summed E-state index contributed by atoms with van der Waals surface area (Å²) in [5.74, 6) is 2.14. The Labute approximate surface area is 186 Å². The molecular weight excluding hydrogens is 408 g/mol. The SMILES string of the molecule is CCN(C)C(=O)c1sc2cnc(Nc3ccc(N4CCNCC4)cn3)cc2c1C1CC1. The fraction of sp³-hybridized carbons (Fsp3) is 0.435. The van der Waals surface area contributed by atoms with Gasteiger partial charge in [-0.25, -0.2) is 9.97 Å². The molecule has 1 amide bonds. The van der Waals surface area contributed by atoms with Crippen LogP contribution >= 0.6 is 11.3 Å². The molecule has 1 aliphatic heterocycles. The van der Waals surface area contributed by atoms with Gasteiger partial charge in [0.05, 0.1) is 21.5 Å². The molecule has 1 saturated carbocycles. The van der Waals surface area contributed by atoms with Crippen molar-refractivity contribution in [3.63, 3.8) is 0 Å². The van der Waals surface area contributed by atoms with Crippen LogP contribution in [0.4, 0.5) is 17.3 Å². The second-order valence-corrected chi connectivity index (χ2v) is 9.32. The maximum atomic E-state index is 12.9. The van der Waals surface area contributed by atoms with E-state index in [-0.39, 0.29) is 5.91 Å². The number of thiophene rings is 1. The summed E-state index contributed by atoms with van der Waals surface area (Å²) in [6, 6.07) is 6.19. The van der Waals surface area contributed by atoms with Crippen LogP contribution in [0.25, 0.3) is 10.1 Å². The monoisotopic (exact) mass is 436 g/mol. The molecule has 0 bridgehead atoms. The number of carbonyl (C=O) groups excluding carboxylic acids is 1. The van der Waals surface area contributed by atoms with Crippen LogP contribution in [0.1, 0.15) is 40.9 Å². The standard InChI is InChI=1S/C23H28N6OS/c1-3-28(2)23(30)22-21(15-4-5-15)17-12-20(26-14-18(17)31-22)27-19-7-6-16(13-25-19)29-10-8-24-9-11-29/h6-7,12-15,24H,3-5,8-11H2,1-2H3,(H,25,26,27). The second kappa shape index (κ2) is 8.43. The molecule has 4 heterocycles. The lowest BCUT2D eigenvalue weighted by atomic mass is 10.1. The third-order valence-electron chi connectivity index (χ3n) is 6.10. The summed E-state index contributed by atoms with van der Waals surface area (Å²) in [5, 5.41) is 7.86. The summed E-state index contributed by atoms with van der Waals surface area (Å²) in [7, 11) is 1.87. The number of carbonyl (C=O) groups is 1. The molecule has 2 fully saturated rings. The zero-order chi connectivity index (χ0) is 21.4. The van der Waals surface area contributed by atoms with E-state index in [1.165, 1.54) is 5.56 Å². The number of hydrogen-bond acceptors (Lipinski definition) is 7. The minimum atomic E-state index is 0.116. The number of piperazine rings is 1. The number of nitrogens with zero attached hydrogens (tertiary/aromatic N) is 4. The Kier molecular flexibility index (Phi) is 5.50. The first kappa shape index (κ1) is 20.2. The fourth-order valence-electron chi connectivity index (χ4n) is 4.04. The molecule has 3 aromatic heterocycles. The molecule has 0 aromatic carbocycles. The van der Waals surface area contributed by atoms with Gasteiger partial charge in [0.25, 0.3) is 5.91 Å². The Balaban J connectivity index is 1.40. The maximum Gasteiger partial charge on any atom is 0.263 e. The quantitative estimate of drug-likeness (QED) is 0.612. The third-order valence-corrected chi connectivity index (χ3v) is 7.25. The van der Waals surface area contributed by atoms with Crippen LogP contribution in [0, 0.1) is 0 Å². The lowest BCUT2D eigenvalue weighted by Gasteiger charge is -2.29. The molecule has 1 aliphatic carbocycles. The van der Waals surface area contributed by atoms with Crippen LogP contribution in [0.5, 0.6) is 0 Å². The minimum Gasteiger partial charge on any atom is -0.368 e. The third kappa shape index (κ3) is 4.09. The molecular formula is C23H28N6OS. The molecule has 0 radical (unpaired) electrons. The van der Waals surface area contributed by atoms with Gasteiger partial charge in [-0.3, -0.25) is 4.79 Å². The van der Waals surface area contributed by atoms with Gasteiger partial charge in [0.15, 0.2) is 0 Å². The van der Waals surface area contributed by atoms with E-state index in [9.17, 15) is 4.79 Å². The van der Waals surface area contributed by atoms with Gasteiger partial charge < -0.3 is 20.4 Å². The van der Waals surface area contributed by atoms with Crippen molar-refractivity contribution in [1.82, 2.24) is 20.2 Å². The summed E-state index contributed by atoms with van der Waals surface area (Å²) >= 11 is 1.57. The molecule has 2 aliphatic rings. The Morgan fingerprint density at radius 2 is 2.00 bits per heavy atom. The predicted molar refractivity (Wildman–Crippen MR) is 127 cm³/mol. The van der Waals surface area contributed by atoms with E-state index in [4.69, 9.17) is 0 Å². The average Bonchev–Trinajstić information content (AvgIpc) is 3.59. The van der Waals surface area contributed by atoms with E-state index in [0.29, 0.717) is 12.5 Å². The molecule has 1 saturated heterocycles. The number of fused-ring (bicyclic) bond motifs is 1. The lowest BCUT2D eigenvalue weighted by molar-refractivity contribution is 0.0806. The fourth-order valence-corrected chi connectivity index (χ4v) is 5.28. The molecule has 3 aromatic rings. The summed E-state index contributed by atoms with van der Waals surface area (Å²) in [6.45, 7) is 6.73. The van der Waals surface area contributed by atoms with Crippen LogP contribution in [0.3, 0.4) is 0 Å². The van der Waals surface area contributed by atoms with Gasteiger partial charge in [0, 0.05) is 51.4 Å². The first-order chi connectivity index (χ1) is 15.1. The van der Waals surface area contributed by atoms with Gasteiger partial charge in [-0.1, -0.05) is 0 Å². The highest BCUT2D eigenvalue weighted by molar-refractivity contribution is 7.21. The van der Waals surface area contributed by atoms with Crippen molar-refractivity contribution in [2.24, 2.45) is 0 Å². The maximum absolute atomic E-state index is 12.9. The normalized spacial score (nSPS) is 16.5. The van der Waals surface area contributed by atoms with Gasteiger partial charge in [-0.15, -0.1) is 11.3 Å². The zero-order valence-corrected chi connectivity index (χ0v) is 18.8. The van der Waals surface area contributed by atoms with Crippen molar-refractivity contribution in [2.75, 3.05) is 50.0 Å². The molecule has 0 unspecified atom stereocenters. The molecule has 162 valence electrons. The number of nitrogens with one attached hydrogen (secondary N) is 2. The van der Waals surface area contributed by atoms with Crippen molar-refractivity contribution in [2.45, 2.75) is 25.7 Å². The molecule has 31 heavy (non-hydrogen) atoms. The van der Waals surface area contributed by atoms with Crippen LogP contribution in [-0.4, -0.2) is 60.5 Å². The Morgan fingerprint density at radius 3 is 2.68 bits per heavy atom. The molecule has 0 spiro atoms. The number of aromatic nitrogens is 2. The van der Waals surface area contributed by atoms with E-state index in [1.54, 1.807) is 16.2 Å². The number of anilines is 3. The molecule has 2 N–H and O–H groups in total. The second-order valence-electron chi connectivity index (χ2n) is 8.27. The summed E-state index contributed by atoms with van der Waals surface area (Å²) < 4.78 is 1.07. The van der Waals surface area contributed by atoms with Crippen molar-refractivity contribution in [3.05, 3.63) is 41.0 Å². The van der Waals surface area contributed by atoms with Crippen LogP contribution in [0.15, 0.2) is 30.6 Å². The molecule has 0 atom stereocenters. The highest BCUT2D eigenvalue weighted by Gasteiger charge is 2.33. The number of amides is 1. The van der Waals surface area contributed by atoms with Crippen molar-refractivity contribution >= 4 is 44.7 Å². The number of pyridine rings is 2. The van der Waals surface area contributed by atoms with Gasteiger partial charge in [-0.05, 0) is 49.4 Å². The van der Waals surface area contributed by atoms with Crippen molar-refractivity contribution in [3.8, 4) is 0 Å². The van der Waals surface area contributed by atoms with E-state index < -0.39 is 0 Å². The van der Waals surface area contributed by atoms with Crippen LogP contribution < -0.4 is 15.5 Å². The van der Waals surface area contributed by atoms with E-state index >= 15 is 0 Å². The first-order valence-electron chi connectivity index (χ1n) is 11.0. The first-order valence-corrected chi connectivity index (χ1v) is 11.8. The lowest BCUT2D eigenvalue weighted by Crippen LogP contribution is -2.43. The van der Waals surface area contributed by atoms with Crippen LogP contribution in [0.2, 0.25) is 0 Å².